The maximum Gasteiger partial charge on any atom is 0.207 e. The number of hydrogen-bond acceptors (Lipinski definition) is 4. The number of carbonyl (C=O) groups excluding carboxylic acids is 2. The molecule has 0 aromatic heterocycles. The van der Waals surface area contributed by atoms with Crippen LogP contribution in [-0.2, 0) is 9.59 Å². The molecule has 0 saturated carbocycles. The normalized spacial score (nSPS) is 11.6. The number of methoxy groups -OCH3 is 1. The highest BCUT2D eigenvalue weighted by Crippen LogP contribution is 2.24. The maximum absolute atomic E-state index is 10.4. The molecule has 1 aromatic carbocycles. The Morgan fingerprint density at radius 3 is 2.95 bits per heavy atom. The van der Waals surface area contributed by atoms with Gasteiger partial charge in [0.1, 0.15) is 5.75 Å². The molecule has 1 amide bonds. The molecule has 1 rings (SSSR count). The van der Waals surface area contributed by atoms with E-state index in [1.165, 1.54) is 0 Å². The molecule has 1 aromatic rings. The summed E-state index contributed by atoms with van der Waals surface area (Å²) in [7, 11) is 1.59. The zero-order chi connectivity index (χ0) is 14.1. The van der Waals surface area contributed by atoms with Gasteiger partial charge in [-0.15, -0.1) is 0 Å². The van der Waals surface area contributed by atoms with E-state index in [1.54, 1.807) is 7.11 Å². The number of carbonyl (C=O) groups is 2. The fraction of sp³-hybridized carbons (Fsp3) is 0.429. The number of carboxylic acid groups (broad SMARTS) is 1. The molecule has 0 aliphatic heterocycles. The van der Waals surface area contributed by atoms with Crippen molar-refractivity contribution in [3.05, 3.63) is 29.8 Å². The molecule has 0 heterocycles. The van der Waals surface area contributed by atoms with Crippen LogP contribution in [0.25, 0.3) is 0 Å². The number of hydrogen-bond donors (Lipinski definition) is 1. The molecule has 1 unspecified atom stereocenters. The molecule has 0 radical (unpaired) electrons. The molecular weight excluding hydrogens is 246 g/mol. The Morgan fingerprint density at radius 2 is 2.32 bits per heavy atom. The van der Waals surface area contributed by atoms with Gasteiger partial charge in [0.15, 0.2) is 0 Å². The second kappa shape index (κ2) is 8.13. The molecule has 0 aliphatic carbocycles. The van der Waals surface area contributed by atoms with Gasteiger partial charge in [-0.1, -0.05) is 12.1 Å². The Balaban J connectivity index is 2.70. The molecule has 19 heavy (non-hydrogen) atoms. The minimum absolute atomic E-state index is 0.0293. The highest BCUT2D eigenvalue weighted by Gasteiger charge is 2.11. The molecule has 0 spiro atoms. The van der Waals surface area contributed by atoms with E-state index in [0.29, 0.717) is 25.8 Å². The van der Waals surface area contributed by atoms with Crippen molar-refractivity contribution >= 4 is 12.4 Å². The standard InChI is InChI=1S/C14H19NO4/c1-19-13-6-2-4-11(8-13)12(9-15-10-16)5-3-7-14(17)18/h2,4,6,8,10,12H,3,5,7,9H2,1H3,(H,15,16)(H,17,18)/p-1. The van der Waals surface area contributed by atoms with Crippen molar-refractivity contribution in [1.29, 1.82) is 0 Å². The topological polar surface area (TPSA) is 78.5 Å². The van der Waals surface area contributed by atoms with Gasteiger partial charge in [0.2, 0.25) is 6.41 Å². The third kappa shape index (κ3) is 5.42. The SMILES string of the molecule is COc1cccc(C(CCCC(=O)[O-])CNC=O)c1. The summed E-state index contributed by atoms with van der Waals surface area (Å²) in [6.45, 7) is 0.476. The molecule has 1 N–H and O–H groups in total. The fourth-order valence-corrected chi connectivity index (χ4v) is 1.97. The number of carboxylic acids is 1. The van der Waals surface area contributed by atoms with Crippen LogP contribution >= 0.6 is 0 Å². The lowest BCUT2D eigenvalue weighted by Crippen LogP contribution is -2.23. The summed E-state index contributed by atoms with van der Waals surface area (Å²) in [5.41, 5.74) is 1.02. The second-order valence-electron chi connectivity index (χ2n) is 4.26. The first-order valence-corrected chi connectivity index (χ1v) is 6.18. The Hall–Kier alpha value is -2.04. The van der Waals surface area contributed by atoms with Crippen molar-refractivity contribution in [2.75, 3.05) is 13.7 Å². The number of amides is 1. The average Bonchev–Trinajstić information content (AvgIpc) is 2.42. The molecule has 0 bridgehead atoms. The van der Waals surface area contributed by atoms with Crippen molar-refractivity contribution in [3.63, 3.8) is 0 Å². The van der Waals surface area contributed by atoms with Gasteiger partial charge in [-0.05, 0) is 37.0 Å². The highest BCUT2D eigenvalue weighted by molar-refractivity contribution is 5.64. The molecule has 0 saturated heterocycles. The minimum Gasteiger partial charge on any atom is -0.550 e. The predicted octanol–water partition coefficient (Wildman–Crippen LogP) is 0.445. The molecule has 5 nitrogen and oxygen atoms in total. The smallest absolute Gasteiger partial charge is 0.207 e. The molecule has 0 fully saturated rings. The quantitative estimate of drug-likeness (QED) is 0.657. The van der Waals surface area contributed by atoms with Crippen LogP contribution in [-0.4, -0.2) is 26.0 Å². The maximum atomic E-state index is 10.4. The Morgan fingerprint density at radius 1 is 1.53 bits per heavy atom. The first-order valence-electron chi connectivity index (χ1n) is 6.18. The fourth-order valence-electron chi connectivity index (χ4n) is 1.97. The van der Waals surface area contributed by atoms with E-state index in [2.05, 4.69) is 5.32 Å². The summed E-state index contributed by atoms with van der Waals surface area (Å²) in [6.07, 6.45) is 1.86. The van der Waals surface area contributed by atoms with Gasteiger partial charge in [-0.25, -0.2) is 0 Å². The van der Waals surface area contributed by atoms with Crippen LogP contribution in [0, 0.1) is 0 Å². The van der Waals surface area contributed by atoms with E-state index in [1.807, 2.05) is 24.3 Å². The van der Waals surface area contributed by atoms with Gasteiger partial charge in [-0.3, -0.25) is 4.79 Å². The van der Waals surface area contributed by atoms with E-state index in [-0.39, 0.29) is 12.3 Å². The van der Waals surface area contributed by atoms with Crippen LogP contribution in [0.5, 0.6) is 5.75 Å². The molecule has 0 aliphatic rings. The Kier molecular flexibility index (Phi) is 6.43. The first-order chi connectivity index (χ1) is 9.17. The first kappa shape index (κ1) is 15.0. The van der Waals surface area contributed by atoms with Crippen LogP contribution in [0.15, 0.2) is 24.3 Å². The van der Waals surface area contributed by atoms with Gasteiger partial charge in [0.25, 0.3) is 0 Å². The highest BCUT2D eigenvalue weighted by atomic mass is 16.5. The lowest BCUT2D eigenvalue weighted by molar-refractivity contribution is -0.305. The monoisotopic (exact) mass is 264 g/mol. The summed E-state index contributed by atoms with van der Waals surface area (Å²) < 4.78 is 5.16. The average molecular weight is 264 g/mol. The lowest BCUT2D eigenvalue weighted by atomic mass is 9.93. The minimum atomic E-state index is -1.05. The summed E-state index contributed by atoms with van der Waals surface area (Å²) >= 11 is 0. The predicted molar refractivity (Wildman–Crippen MR) is 68.7 cm³/mol. The Bertz CT molecular complexity index is 420. The second-order valence-corrected chi connectivity index (χ2v) is 4.26. The number of ether oxygens (including phenoxy) is 1. The molecule has 104 valence electrons. The number of aliphatic carboxylic acids is 1. The molecule has 5 heteroatoms. The zero-order valence-electron chi connectivity index (χ0n) is 10.9. The third-order valence-corrected chi connectivity index (χ3v) is 2.95. The summed E-state index contributed by atoms with van der Waals surface area (Å²) in [4.78, 5) is 20.8. The summed E-state index contributed by atoms with van der Waals surface area (Å²) in [5.74, 6) is -0.235. The zero-order valence-corrected chi connectivity index (χ0v) is 10.9. The number of rotatable bonds is 9. The van der Waals surface area contributed by atoms with Crippen LogP contribution in [0.1, 0.15) is 30.7 Å². The van der Waals surface area contributed by atoms with Gasteiger partial charge in [0.05, 0.1) is 7.11 Å². The van der Waals surface area contributed by atoms with Crippen molar-refractivity contribution in [1.82, 2.24) is 5.32 Å². The van der Waals surface area contributed by atoms with E-state index in [4.69, 9.17) is 4.74 Å². The van der Waals surface area contributed by atoms with E-state index < -0.39 is 5.97 Å². The summed E-state index contributed by atoms with van der Waals surface area (Å²) in [6, 6.07) is 7.56. The van der Waals surface area contributed by atoms with Crippen LogP contribution < -0.4 is 15.2 Å². The van der Waals surface area contributed by atoms with Crippen LogP contribution in [0.3, 0.4) is 0 Å². The van der Waals surface area contributed by atoms with Crippen molar-refractivity contribution in [3.8, 4) is 5.75 Å². The summed E-state index contributed by atoms with van der Waals surface area (Å²) in [5, 5.41) is 13.1. The van der Waals surface area contributed by atoms with Gasteiger partial charge in [0, 0.05) is 18.4 Å². The Labute approximate surface area is 112 Å². The lowest BCUT2D eigenvalue weighted by Gasteiger charge is -2.17. The number of benzene rings is 1. The van der Waals surface area contributed by atoms with Crippen LogP contribution in [0.4, 0.5) is 0 Å². The van der Waals surface area contributed by atoms with Crippen molar-refractivity contribution < 1.29 is 19.4 Å². The molecular formula is C14H18NO4-. The third-order valence-electron chi connectivity index (χ3n) is 2.95. The van der Waals surface area contributed by atoms with Gasteiger partial charge >= 0.3 is 0 Å². The van der Waals surface area contributed by atoms with E-state index in [9.17, 15) is 14.7 Å². The van der Waals surface area contributed by atoms with Crippen molar-refractivity contribution in [2.24, 2.45) is 0 Å². The number of nitrogens with one attached hydrogen (secondary N) is 1. The largest absolute Gasteiger partial charge is 0.550 e. The van der Waals surface area contributed by atoms with Crippen LogP contribution in [0.2, 0.25) is 0 Å². The van der Waals surface area contributed by atoms with E-state index >= 15 is 0 Å². The van der Waals surface area contributed by atoms with Gasteiger partial charge in [-0.2, -0.15) is 0 Å². The van der Waals surface area contributed by atoms with Crippen molar-refractivity contribution in [2.45, 2.75) is 25.2 Å². The van der Waals surface area contributed by atoms with E-state index in [0.717, 1.165) is 11.3 Å². The molecule has 1 atom stereocenters. The van der Waals surface area contributed by atoms with Gasteiger partial charge < -0.3 is 20.0 Å².